The summed E-state index contributed by atoms with van der Waals surface area (Å²) in [7, 11) is 0.807. The highest BCUT2D eigenvalue weighted by Gasteiger charge is 2.22. The number of halogens is 3. The van der Waals surface area contributed by atoms with Crippen molar-refractivity contribution >= 4 is 19.7 Å². The molecule has 9 heteroatoms. The number of nitriles is 1. The fourth-order valence-electron chi connectivity index (χ4n) is 1.25. The molecular formula is C9H7ClF2N2O3S. The SMILES string of the molecule is N#Cc1cc(OC(F)F)c(S(=O)(=O)Cl)cc1CN. The quantitative estimate of drug-likeness (QED) is 0.851. The van der Waals surface area contributed by atoms with Crippen molar-refractivity contribution in [2.45, 2.75) is 18.1 Å². The van der Waals surface area contributed by atoms with Crippen LogP contribution in [0.4, 0.5) is 8.78 Å². The third-order valence-electron chi connectivity index (χ3n) is 1.99. The summed E-state index contributed by atoms with van der Waals surface area (Å²) < 4.78 is 50.7. The van der Waals surface area contributed by atoms with Gasteiger partial charge in [-0.05, 0) is 17.7 Å². The fraction of sp³-hybridized carbons (Fsp3) is 0.222. The molecule has 0 fully saturated rings. The minimum atomic E-state index is -4.29. The minimum Gasteiger partial charge on any atom is -0.433 e. The Morgan fingerprint density at radius 2 is 2.11 bits per heavy atom. The lowest BCUT2D eigenvalue weighted by Crippen LogP contribution is -2.09. The van der Waals surface area contributed by atoms with Crippen LogP contribution in [0.3, 0.4) is 0 Å². The minimum absolute atomic E-state index is 0.0581. The summed E-state index contributed by atoms with van der Waals surface area (Å²) in [6.07, 6.45) is 0. The van der Waals surface area contributed by atoms with E-state index in [-0.39, 0.29) is 17.7 Å². The van der Waals surface area contributed by atoms with Gasteiger partial charge in [0.2, 0.25) is 0 Å². The summed E-state index contributed by atoms with van der Waals surface area (Å²) in [6, 6.07) is 3.50. The van der Waals surface area contributed by atoms with Gasteiger partial charge in [-0.25, -0.2) is 8.42 Å². The molecule has 0 aromatic heterocycles. The molecule has 1 rings (SSSR count). The van der Waals surface area contributed by atoms with Crippen molar-refractivity contribution < 1.29 is 21.9 Å². The van der Waals surface area contributed by atoms with Gasteiger partial charge < -0.3 is 10.5 Å². The smallest absolute Gasteiger partial charge is 0.387 e. The lowest BCUT2D eigenvalue weighted by Gasteiger charge is -2.11. The molecule has 0 amide bonds. The maximum Gasteiger partial charge on any atom is 0.387 e. The summed E-state index contributed by atoms with van der Waals surface area (Å²) in [5, 5.41) is 8.77. The summed E-state index contributed by atoms with van der Waals surface area (Å²) in [6.45, 7) is -3.38. The molecule has 0 radical (unpaired) electrons. The van der Waals surface area contributed by atoms with Crippen molar-refractivity contribution in [1.82, 2.24) is 0 Å². The maximum absolute atomic E-state index is 12.1. The number of hydrogen-bond donors (Lipinski definition) is 1. The highest BCUT2D eigenvalue weighted by atomic mass is 35.7. The second kappa shape index (κ2) is 5.48. The molecule has 5 nitrogen and oxygen atoms in total. The molecule has 18 heavy (non-hydrogen) atoms. The normalized spacial score (nSPS) is 11.3. The van der Waals surface area contributed by atoms with Gasteiger partial charge >= 0.3 is 6.61 Å². The first-order valence-electron chi connectivity index (χ1n) is 4.46. The lowest BCUT2D eigenvalue weighted by atomic mass is 10.1. The Hall–Kier alpha value is -1.43. The van der Waals surface area contributed by atoms with Gasteiger partial charge in [0.05, 0.1) is 11.6 Å². The highest BCUT2D eigenvalue weighted by Crippen LogP contribution is 2.31. The van der Waals surface area contributed by atoms with Crippen molar-refractivity contribution in [3.63, 3.8) is 0 Å². The zero-order valence-electron chi connectivity index (χ0n) is 8.73. The van der Waals surface area contributed by atoms with Gasteiger partial charge in [-0.1, -0.05) is 0 Å². The molecule has 0 heterocycles. The number of alkyl halides is 2. The molecule has 0 aliphatic heterocycles. The van der Waals surface area contributed by atoms with Crippen molar-refractivity contribution in [3.8, 4) is 11.8 Å². The summed E-state index contributed by atoms with van der Waals surface area (Å²) in [4.78, 5) is -0.649. The van der Waals surface area contributed by atoms with Crippen molar-refractivity contribution in [1.29, 1.82) is 5.26 Å². The van der Waals surface area contributed by atoms with Crippen LogP contribution in [-0.2, 0) is 15.6 Å². The van der Waals surface area contributed by atoms with Gasteiger partial charge in [0.1, 0.15) is 10.6 Å². The van der Waals surface area contributed by atoms with Crippen LogP contribution in [0, 0.1) is 11.3 Å². The number of nitrogens with zero attached hydrogens (tertiary/aromatic N) is 1. The summed E-state index contributed by atoms with van der Waals surface area (Å²) >= 11 is 0. The first kappa shape index (κ1) is 14.6. The monoisotopic (exact) mass is 296 g/mol. The van der Waals surface area contributed by atoms with E-state index >= 15 is 0 Å². The topological polar surface area (TPSA) is 93.2 Å². The Bertz CT molecular complexity index is 599. The first-order chi connectivity index (χ1) is 8.29. The van der Waals surface area contributed by atoms with Crippen molar-refractivity contribution in [2.75, 3.05) is 0 Å². The van der Waals surface area contributed by atoms with E-state index < -0.39 is 26.3 Å². The number of ether oxygens (including phenoxy) is 1. The molecule has 0 bridgehead atoms. The van der Waals surface area contributed by atoms with Crippen LogP contribution in [0.15, 0.2) is 17.0 Å². The number of hydrogen-bond acceptors (Lipinski definition) is 5. The summed E-state index contributed by atoms with van der Waals surface area (Å²) in [5.41, 5.74) is 5.42. The molecule has 1 aromatic carbocycles. The Morgan fingerprint density at radius 3 is 2.50 bits per heavy atom. The predicted molar refractivity (Wildman–Crippen MR) is 58.7 cm³/mol. The highest BCUT2D eigenvalue weighted by molar-refractivity contribution is 8.13. The predicted octanol–water partition coefficient (Wildman–Crippen LogP) is 1.55. The van der Waals surface area contributed by atoms with Gasteiger partial charge in [0.25, 0.3) is 9.05 Å². The van der Waals surface area contributed by atoms with Crippen LogP contribution >= 0.6 is 10.7 Å². The van der Waals surface area contributed by atoms with E-state index in [4.69, 9.17) is 21.7 Å². The van der Waals surface area contributed by atoms with Gasteiger partial charge in [-0.15, -0.1) is 0 Å². The van der Waals surface area contributed by atoms with E-state index in [0.717, 1.165) is 12.1 Å². The molecule has 0 saturated heterocycles. The largest absolute Gasteiger partial charge is 0.433 e. The molecular weight excluding hydrogens is 290 g/mol. The van der Waals surface area contributed by atoms with Crippen LogP contribution in [-0.4, -0.2) is 15.0 Å². The lowest BCUT2D eigenvalue weighted by molar-refractivity contribution is -0.0517. The Kier molecular flexibility index (Phi) is 4.45. The second-order valence-corrected chi connectivity index (χ2v) is 5.62. The van der Waals surface area contributed by atoms with Crippen molar-refractivity contribution in [3.05, 3.63) is 23.3 Å². The second-order valence-electron chi connectivity index (χ2n) is 3.09. The number of benzene rings is 1. The fourth-order valence-corrected chi connectivity index (χ4v) is 2.25. The third-order valence-corrected chi connectivity index (χ3v) is 3.33. The molecule has 1 aromatic rings. The van der Waals surface area contributed by atoms with Crippen LogP contribution in [0.1, 0.15) is 11.1 Å². The Labute approximate surface area is 106 Å². The Balaban J connectivity index is 3.52. The zero-order chi connectivity index (χ0) is 13.9. The standard InChI is InChI=1S/C9H7ClF2N2O3S/c10-18(15,16)8-2-6(4-14)5(3-13)1-7(8)17-9(11)12/h1-2,9H,4,14H2. The van der Waals surface area contributed by atoms with E-state index in [9.17, 15) is 17.2 Å². The van der Waals surface area contributed by atoms with Gasteiger partial charge in [-0.3, -0.25) is 0 Å². The zero-order valence-corrected chi connectivity index (χ0v) is 10.3. The molecule has 0 unspecified atom stereocenters. The molecule has 0 saturated carbocycles. The molecule has 98 valence electrons. The maximum atomic E-state index is 12.1. The first-order valence-corrected chi connectivity index (χ1v) is 6.77. The van der Waals surface area contributed by atoms with Gasteiger partial charge in [0.15, 0.2) is 0 Å². The van der Waals surface area contributed by atoms with Gasteiger partial charge in [0, 0.05) is 17.2 Å². The van der Waals surface area contributed by atoms with E-state index in [1.165, 1.54) is 0 Å². The number of nitrogens with two attached hydrogens (primary N) is 1. The van der Waals surface area contributed by atoms with Gasteiger partial charge in [-0.2, -0.15) is 14.0 Å². The van der Waals surface area contributed by atoms with E-state index in [1.54, 1.807) is 6.07 Å². The molecule has 0 aliphatic carbocycles. The van der Waals surface area contributed by atoms with E-state index in [0.29, 0.717) is 0 Å². The summed E-state index contributed by atoms with van der Waals surface area (Å²) in [5.74, 6) is -0.686. The molecule has 0 spiro atoms. The van der Waals surface area contributed by atoms with E-state index in [2.05, 4.69) is 4.74 Å². The third kappa shape index (κ3) is 3.29. The average molecular weight is 297 g/mol. The molecule has 0 aliphatic rings. The van der Waals surface area contributed by atoms with Crippen LogP contribution < -0.4 is 10.5 Å². The van der Waals surface area contributed by atoms with E-state index in [1.807, 2.05) is 0 Å². The molecule has 0 atom stereocenters. The van der Waals surface area contributed by atoms with Crippen LogP contribution in [0.2, 0.25) is 0 Å². The number of rotatable bonds is 4. The molecule has 2 N–H and O–H groups in total. The van der Waals surface area contributed by atoms with Crippen molar-refractivity contribution in [2.24, 2.45) is 5.73 Å². The van der Waals surface area contributed by atoms with Crippen LogP contribution in [0.5, 0.6) is 5.75 Å². The van der Waals surface area contributed by atoms with Crippen LogP contribution in [0.25, 0.3) is 0 Å². The average Bonchev–Trinajstić information content (AvgIpc) is 2.26. The Morgan fingerprint density at radius 1 is 1.50 bits per heavy atom.